The van der Waals surface area contributed by atoms with Crippen LogP contribution in [0.1, 0.15) is 24.4 Å². The second-order valence-corrected chi connectivity index (χ2v) is 9.07. The van der Waals surface area contributed by atoms with Gasteiger partial charge in [0.1, 0.15) is 10.7 Å². The van der Waals surface area contributed by atoms with Gasteiger partial charge in [-0.2, -0.15) is 0 Å². The van der Waals surface area contributed by atoms with Crippen LogP contribution in [0.2, 0.25) is 0 Å². The van der Waals surface area contributed by atoms with Gasteiger partial charge in [0.05, 0.1) is 22.6 Å². The van der Waals surface area contributed by atoms with Crippen LogP contribution in [0.15, 0.2) is 87.3 Å². The minimum absolute atomic E-state index is 0.174. The van der Waals surface area contributed by atoms with Crippen molar-refractivity contribution < 1.29 is 0 Å². The fourth-order valence-electron chi connectivity index (χ4n) is 4.26. The summed E-state index contributed by atoms with van der Waals surface area (Å²) in [6.07, 6.45) is 3.25. The fraction of sp³-hybridized carbons (Fsp3) is 0.111. The summed E-state index contributed by atoms with van der Waals surface area (Å²) in [5, 5.41) is 5.29. The highest BCUT2D eigenvalue weighted by atomic mass is 32.1. The molecule has 0 aliphatic heterocycles. The van der Waals surface area contributed by atoms with E-state index in [9.17, 15) is 4.79 Å². The number of para-hydroxylation sites is 1. The molecule has 0 saturated heterocycles. The van der Waals surface area contributed by atoms with Gasteiger partial charge in [-0.1, -0.05) is 36.4 Å². The molecule has 3 N–H and O–H groups in total. The first-order valence-electron chi connectivity index (χ1n) is 11.5. The first-order chi connectivity index (χ1) is 18.0. The van der Waals surface area contributed by atoms with Crippen molar-refractivity contribution in [3.63, 3.8) is 0 Å². The van der Waals surface area contributed by atoms with Gasteiger partial charge in [0.15, 0.2) is 5.84 Å². The summed E-state index contributed by atoms with van der Waals surface area (Å²) in [6.45, 7) is 5.63. The highest BCUT2D eigenvalue weighted by molar-refractivity contribution is 7.14. The molecule has 0 saturated carbocycles. The zero-order chi connectivity index (χ0) is 25.9. The smallest absolute Gasteiger partial charge is 0.263 e. The van der Waals surface area contributed by atoms with Crippen molar-refractivity contribution in [2.24, 2.45) is 9.98 Å². The molecule has 0 spiro atoms. The van der Waals surface area contributed by atoms with Crippen molar-refractivity contribution in [3.05, 3.63) is 94.2 Å². The predicted molar refractivity (Wildman–Crippen MR) is 151 cm³/mol. The van der Waals surface area contributed by atoms with Crippen LogP contribution in [-0.4, -0.2) is 39.1 Å². The maximum Gasteiger partial charge on any atom is 0.263 e. The molecule has 0 unspecified atom stereocenters. The van der Waals surface area contributed by atoms with Crippen LogP contribution in [0.3, 0.4) is 0 Å². The Morgan fingerprint density at radius 1 is 1.11 bits per heavy atom. The lowest BCUT2D eigenvalue weighted by Crippen LogP contribution is -2.24. The summed E-state index contributed by atoms with van der Waals surface area (Å²) < 4.78 is 1.69. The number of nitrogens with zero attached hydrogens (tertiary/aromatic N) is 6. The normalized spacial score (nSPS) is 12.4. The molecule has 0 aliphatic carbocycles. The summed E-state index contributed by atoms with van der Waals surface area (Å²) in [4.78, 5) is 35.8. The molecular formula is C27H24N8OS. The van der Waals surface area contributed by atoms with Gasteiger partial charge >= 0.3 is 0 Å². The van der Waals surface area contributed by atoms with Crippen LogP contribution in [0.4, 0.5) is 10.9 Å². The Morgan fingerprint density at radius 2 is 1.86 bits per heavy atom. The van der Waals surface area contributed by atoms with Gasteiger partial charge in [-0.3, -0.25) is 14.4 Å². The Labute approximate surface area is 217 Å². The molecular weight excluding hydrogens is 484 g/mol. The number of hydrogen-bond donors (Lipinski definition) is 2. The SMILES string of the molecule is C=NC(=N[C@@H](C)c1cc2cccc(-c3cnc(N)nc3)c2c(=O)n1-c1ccccc1)c1ncsc1NC. The molecule has 0 aliphatic rings. The van der Waals surface area contributed by atoms with Crippen molar-refractivity contribution in [2.45, 2.75) is 13.0 Å². The Balaban J connectivity index is 1.76. The Hall–Kier alpha value is -4.70. The first kappa shape index (κ1) is 24.0. The van der Waals surface area contributed by atoms with E-state index in [4.69, 9.17) is 10.7 Å². The van der Waals surface area contributed by atoms with E-state index in [-0.39, 0.29) is 11.5 Å². The number of fused-ring (bicyclic) bond motifs is 1. The molecule has 184 valence electrons. The lowest BCUT2D eigenvalue weighted by molar-refractivity contribution is 0.735. The minimum Gasteiger partial charge on any atom is -0.378 e. The molecule has 10 heteroatoms. The van der Waals surface area contributed by atoms with Crippen molar-refractivity contribution in [1.29, 1.82) is 0 Å². The zero-order valence-corrected chi connectivity index (χ0v) is 21.1. The number of aliphatic imine (C=N–C) groups is 2. The van der Waals surface area contributed by atoms with Crippen LogP contribution in [0.5, 0.6) is 0 Å². The zero-order valence-electron chi connectivity index (χ0n) is 20.3. The maximum absolute atomic E-state index is 14.2. The number of aromatic nitrogens is 4. The molecule has 0 fully saturated rings. The molecule has 0 bridgehead atoms. The average Bonchev–Trinajstić information content (AvgIpc) is 3.41. The van der Waals surface area contributed by atoms with Crippen molar-refractivity contribution >= 4 is 45.6 Å². The molecule has 0 amide bonds. The van der Waals surface area contributed by atoms with Crippen molar-refractivity contribution in [1.82, 2.24) is 19.5 Å². The third-order valence-electron chi connectivity index (χ3n) is 5.97. The van der Waals surface area contributed by atoms with E-state index >= 15 is 0 Å². The lowest BCUT2D eigenvalue weighted by Gasteiger charge is -2.19. The number of pyridine rings is 1. The molecule has 3 heterocycles. The predicted octanol–water partition coefficient (Wildman–Crippen LogP) is 4.74. The van der Waals surface area contributed by atoms with Crippen LogP contribution < -0.4 is 16.6 Å². The lowest BCUT2D eigenvalue weighted by atomic mass is 9.99. The van der Waals surface area contributed by atoms with E-state index in [0.29, 0.717) is 28.2 Å². The molecule has 3 aromatic heterocycles. The third-order valence-corrected chi connectivity index (χ3v) is 6.82. The van der Waals surface area contributed by atoms with Crippen LogP contribution in [-0.2, 0) is 0 Å². The van der Waals surface area contributed by atoms with Gasteiger partial charge < -0.3 is 11.1 Å². The van der Waals surface area contributed by atoms with E-state index in [1.54, 1.807) is 22.5 Å². The summed E-state index contributed by atoms with van der Waals surface area (Å²) >= 11 is 1.46. The number of benzene rings is 2. The van der Waals surface area contributed by atoms with Gasteiger partial charge in [0, 0.05) is 30.7 Å². The van der Waals surface area contributed by atoms with E-state index in [1.165, 1.54) is 11.3 Å². The maximum atomic E-state index is 14.2. The molecule has 5 aromatic rings. The topological polar surface area (TPSA) is 123 Å². The number of thiazole rings is 1. The molecule has 1 atom stereocenters. The number of anilines is 2. The van der Waals surface area contributed by atoms with Gasteiger partial charge in [0.25, 0.3) is 5.56 Å². The summed E-state index contributed by atoms with van der Waals surface area (Å²) in [5.74, 6) is 0.575. The van der Waals surface area contributed by atoms with Crippen LogP contribution in [0.25, 0.3) is 27.6 Å². The minimum atomic E-state index is -0.437. The molecule has 0 radical (unpaired) electrons. The highest BCUT2D eigenvalue weighted by Crippen LogP contribution is 2.30. The standard InChI is InChI=1S/C27H24N8OS/c1-16(34-24(29-2)23-25(30-3)37-15-33-23)21-12-17-8-7-11-20(18-13-31-27(28)32-14-18)22(17)26(36)35(21)19-9-5-4-6-10-19/h4-16,30H,2H2,1,3H3,(H2,28,31,32)/t16-/m0/s1. The monoisotopic (exact) mass is 508 g/mol. The van der Waals surface area contributed by atoms with Crippen LogP contribution in [0, 0.1) is 0 Å². The summed E-state index contributed by atoms with van der Waals surface area (Å²) in [5.41, 5.74) is 10.7. The third kappa shape index (κ3) is 4.50. The highest BCUT2D eigenvalue weighted by Gasteiger charge is 2.20. The number of amidine groups is 1. The van der Waals surface area contributed by atoms with Crippen molar-refractivity contribution in [3.8, 4) is 16.8 Å². The van der Waals surface area contributed by atoms with Crippen molar-refractivity contribution in [2.75, 3.05) is 18.1 Å². The molecule has 37 heavy (non-hydrogen) atoms. The summed E-state index contributed by atoms with van der Waals surface area (Å²) in [6, 6.07) is 16.8. The Morgan fingerprint density at radius 3 is 2.57 bits per heavy atom. The Kier molecular flexibility index (Phi) is 6.57. The fourth-order valence-corrected chi connectivity index (χ4v) is 4.90. The van der Waals surface area contributed by atoms with E-state index in [0.717, 1.165) is 21.6 Å². The quantitative estimate of drug-likeness (QED) is 0.252. The van der Waals surface area contributed by atoms with Gasteiger partial charge in [-0.05, 0) is 42.8 Å². The molecule has 9 nitrogen and oxygen atoms in total. The van der Waals surface area contributed by atoms with E-state index in [2.05, 4.69) is 32.0 Å². The number of rotatable bonds is 6. The van der Waals surface area contributed by atoms with Crippen LogP contribution >= 0.6 is 11.3 Å². The second-order valence-electron chi connectivity index (χ2n) is 8.21. The largest absolute Gasteiger partial charge is 0.378 e. The summed E-state index contributed by atoms with van der Waals surface area (Å²) in [7, 11) is 1.82. The average molecular weight is 509 g/mol. The number of nitrogens with two attached hydrogens (primary N) is 1. The second kappa shape index (κ2) is 10.1. The first-order valence-corrected chi connectivity index (χ1v) is 12.4. The number of hydrogen-bond acceptors (Lipinski definition) is 8. The Bertz CT molecular complexity index is 1670. The van der Waals surface area contributed by atoms with Gasteiger partial charge in [-0.25, -0.2) is 19.9 Å². The number of nitrogen functional groups attached to an aromatic ring is 1. The van der Waals surface area contributed by atoms with E-state index < -0.39 is 6.04 Å². The molecule has 2 aromatic carbocycles. The number of nitrogens with one attached hydrogen (secondary N) is 1. The van der Waals surface area contributed by atoms with Gasteiger partial charge in [0.2, 0.25) is 5.95 Å². The molecule has 5 rings (SSSR count). The van der Waals surface area contributed by atoms with Gasteiger partial charge in [-0.15, -0.1) is 11.3 Å². The van der Waals surface area contributed by atoms with E-state index in [1.807, 2.05) is 68.6 Å².